The van der Waals surface area contributed by atoms with E-state index in [4.69, 9.17) is 18.1 Å². The minimum Gasteiger partial charge on any atom is -0.297 e. The van der Waals surface area contributed by atoms with Gasteiger partial charge in [0.15, 0.2) is 0 Å². The van der Waals surface area contributed by atoms with Gasteiger partial charge in [-0.3, -0.25) is 18.1 Å². The first kappa shape index (κ1) is 14.6. The predicted molar refractivity (Wildman–Crippen MR) is 64.3 cm³/mol. The minimum absolute atomic E-state index is 0.286. The van der Waals surface area contributed by atoms with Crippen molar-refractivity contribution < 1.29 is 27.2 Å². The zero-order valence-corrected chi connectivity index (χ0v) is 11.8. The van der Waals surface area contributed by atoms with Crippen LogP contribution >= 0.6 is 15.5 Å². The van der Waals surface area contributed by atoms with Crippen molar-refractivity contribution in [1.29, 1.82) is 0 Å². The number of hydrogen-bond acceptors (Lipinski definition) is 6. The fourth-order valence-electron chi connectivity index (χ4n) is 1.50. The molecule has 0 amide bonds. The van der Waals surface area contributed by atoms with Crippen LogP contribution in [0, 0.1) is 0 Å². The van der Waals surface area contributed by atoms with Crippen LogP contribution in [-0.2, 0) is 27.2 Å². The van der Waals surface area contributed by atoms with Gasteiger partial charge < -0.3 is 0 Å². The maximum absolute atomic E-state index is 11.8. The van der Waals surface area contributed by atoms with Gasteiger partial charge in [0.2, 0.25) is 0 Å². The molecule has 2 aliphatic rings. The zero-order valence-electron chi connectivity index (χ0n) is 10.0. The average Bonchev–Trinajstić information content (AvgIpc) is 2.37. The second-order valence-electron chi connectivity index (χ2n) is 3.85. The molecule has 0 saturated carbocycles. The molecule has 0 unspecified atom stereocenters. The largest absolute Gasteiger partial charge is 0.405 e. The highest BCUT2D eigenvalue weighted by Gasteiger charge is 2.29. The van der Waals surface area contributed by atoms with E-state index >= 15 is 0 Å². The molecule has 2 rings (SSSR count). The third-order valence-electron chi connectivity index (χ3n) is 2.36. The van der Waals surface area contributed by atoms with Gasteiger partial charge in [0.25, 0.3) is 0 Å². The topological polar surface area (TPSA) is 95.1 Å². The van der Waals surface area contributed by atoms with Crippen molar-refractivity contribution in [1.82, 2.24) is 10.2 Å². The molecule has 2 aliphatic heterocycles. The smallest absolute Gasteiger partial charge is 0.297 e. The molecule has 10 heteroatoms. The molecule has 2 saturated heterocycles. The van der Waals surface area contributed by atoms with E-state index in [0.29, 0.717) is 26.4 Å². The second-order valence-corrected chi connectivity index (χ2v) is 7.51. The monoisotopic (exact) mass is 300 g/mol. The lowest BCUT2D eigenvalue weighted by atomic mass is 10.5. The summed E-state index contributed by atoms with van der Waals surface area (Å²) in [6.45, 7) is 2.25. The Morgan fingerprint density at radius 3 is 1.39 bits per heavy atom. The molecule has 0 aromatic heterocycles. The Bertz CT molecular complexity index is 311. The number of nitrogens with one attached hydrogen (secondary N) is 2. The molecule has 0 aromatic rings. The molecule has 0 atom stereocenters. The molecule has 18 heavy (non-hydrogen) atoms. The van der Waals surface area contributed by atoms with Gasteiger partial charge in [-0.15, -0.1) is 0 Å². The summed E-state index contributed by atoms with van der Waals surface area (Å²) >= 11 is 0. The van der Waals surface area contributed by atoms with E-state index in [-0.39, 0.29) is 13.1 Å². The molecule has 8 nitrogen and oxygen atoms in total. The molecule has 2 fully saturated rings. The summed E-state index contributed by atoms with van der Waals surface area (Å²) in [5.74, 6) is 0. The summed E-state index contributed by atoms with van der Waals surface area (Å²) in [7, 11) is -6.33. The van der Waals surface area contributed by atoms with E-state index in [2.05, 4.69) is 10.2 Å². The van der Waals surface area contributed by atoms with E-state index in [1.54, 1.807) is 0 Å². The Morgan fingerprint density at radius 2 is 1.06 bits per heavy atom. The van der Waals surface area contributed by atoms with Crippen LogP contribution in [0.15, 0.2) is 0 Å². The third-order valence-corrected chi connectivity index (χ3v) is 5.67. The van der Waals surface area contributed by atoms with Gasteiger partial charge in [-0.05, 0) is 12.8 Å². The molecule has 0 aliphatic carbocycles. The van der Waals surface area contributed by atoms with Crippen molar-refractivity contribution in [3.05, 3.63) is 0 Å². The van der Waals surface area contributed by atoms with E-state index in [1.807, 2.05) is 0 Å². The zero-order chi connectivity index (χ0) is 12.9. The Kier molecular flexibility index (Phi) is 5.35. The van der Waals surface area contributed by atoms with E-state index in [0.717, 1.165) is 12.8 Å². The fourth-order valence-corrected chi connectivity index (χ4v) is 4.26. The standard InChI is InChI=1S/C8H18N2O6P2/c11-17(13-5-1-6-14-17)9-3-4-10-18(12)15-7-2-8-16-18/h1-8H2,(H,9,11)(H,10,12). The predicted octanol–water partition coefficient (Wildman–Crippen LogP) is 1.26. The summed E-state index contributed by atoms with van der Waals surface area (Å²) in [6, 6.07) is 0. The highest BCUT2D eigenvalue weighted by atomic mass is 31.2. The van der Waals surface area contributed by atoms with Crippen molar-refractivity contribution in [2.75, 3.05) is 39.5 Å². The summed E-state index contributed by atoms with van der Waals surface area (Å²) in [5.41, 5.74) is 0. The summed E-state index contributed by atoms with van der Waals surface area (Å²) in [6.07, 6.45) is 1.47. The normalized spacial score (nSPS) is 26.9. The van der Waals surface area contributed by atoms with Gasteiger partial charge in [0.1, 0.15) is 0 Å². The number of hydrogen-bond donors (Lipinski definition) is 2. The fraction of sp³-hybridized carbons (Fsp3) is 1.00. The van der Waals surface area contributed by atoms with Crippen molar-refractivity contribution in [2.24, 2.45) is 0 Å². The molecular weight excluding hydrogens is 282 g/mol. The SMILES string of the molecule is O=P1(NCCNP2(=O)OCCCO2)OCCCO1. The first-order chi connectivity index (χ1) is 8.62. The van der Waals surface area contributed by atoms with Crippen LogP contribution in [0.5, 0.6) is 0 Å². The first-order valence-corrected chi connectivity index (χ1v) is 8.99. The average molecular weight is 300 g/mol. The van der Waals surface area contributed by atoms with Gasteiger partial charge in [-0.25, -0.2) is 19.3 Å². The van der Waals surface area contributed by atoms with Gasteiger partial charge in [-0.2, -0.15) is 0 Å². The lowest BCUT2D eigenvalue weighted by Crippen LogP contribution is -2.29. The van der Waals surface area contributed by atoms with Crippen molar-refractivity contribution >= 4 is 15.5 Å². The maximum Gasteiger partial charge on any atom is 0.405 e. The molecule has 2 heterocycles. The molecule has 0 radical (unpaired) electrons. The highest BCUT2D eigenvalue weighted by molar-refractivity contribution is 7.52. The molecule has 106 valence electrons. The quantitative estimate of drug-likeness (QED) is 0.578. The lowest BCUT2D eigenvalue weighted by molar-refractivity contribution is 0.135. The lowest BCUT2D eigenvalue weighted by Gasteiger charge is -2.25. The molecule has 0 bridgehead atoms. The van der Waals surface area contributed by atoms with Gasteiger partial charge >= 0.3 is 15.5 Å². The van der Waals surface area contributed by atoms with Crippen molar-refractivity contribution in [2.45, 2.75) is 12.8 Å². The van der Waals surface area contributed by atoms with Crippen LogP contribution in [0.1, 0.15) is 12.8 Å². The van der Waals surface area contributed by atoms with Crippen LogP contribution in [0.3, 0.4) is 0 Å². The summed E-state index contributed by atoms with van der Waals surface area (Å²) in [5, 5.41) is 5.34. The van der Waals surface area contributed by atoms with Crippen LogP contribution in [0.4, 0.5) is 0 Å². The first-order valence-electron chi connectivity index (χ1n) is 5.90. The molecular formula is C8H18N2O6P2. The van der Waals surface area contributed by atoms with Crippen LogP contribution < -0.4 is 10.2 Å². The Balaban J connectivity index is 1.66. The molecule has 0 aromatic carbocycles. The van der Waals surface area contributed by atoms with Crippen LogP contribution in [0.25, 0.3) is 0 Å². The Hall–Kier alpha value is 0.220. The highest BCUT2D eigenvalue weighted by Crippen LogP contribution is 2.47. The van der Waals surface area contributed by atoms with Crippen molar-refractivity contribution in [3.63, 3.8) is 0 Å². The summed E-state index contributed by atoms with van der Waals surface area (Å²) in [4.78, 5) is 0. The maximum atomic E-state index is 11.8. The third kappa shape index (κ3) is 4.40. The van der Waals surface area contributed by atoms with Gasteiger partial charge in [-0.1, -0.05) is 0 Å². The second kappa shape index (κ2) is 6.59. The Labute approximate surface area is 106 Å². The van der Waals surface area contributed by atoms with Gasteiger partial charge in [0, 0.05) is 13.1 Å². The van der Waals surface area contributed by atoms with Crippen molar-refractivity contribution in [3.8, 4) is 0 Å². The number of rotatable bonds is 5. The molecule has 2 N–H and O–H groups in total. The van der Waals surface area contributed by atoms with E-state index < -0.39 is 15.5 Å². The van der Waals surface area contributed by atoms with Crippen LogP contribution in [-0.4, -0.2) is 39.5 Å². The minimum atomic E-state index is -3.17. The van der Waals surface area contributed by atoms with Gasteiger partial charge in [0.05, 0.1) is 26.4 Å². The molecule has 0 spiro atoms. The van der Waals surface area contributed by atoms with Crippen LogP contribution in [0.2, 0.25) is 0 Å². The Morgan fingerprint density at radius 1 is 0.722 bits per heavy atom. The van der Waals surface area contributed by atoms with E-state index in [1.165, 1.54) is 0 Å². The summed E-state index contributed by atoms with van der Waals surface area (Å²) < 4.78 is 43.9. The van der Waals surface area contributed by atoms with E-state index in [9.17, 15) is 9.13 Å².